The molecule has 0 aromatic heterocycles. The van der Waals surface area contributed by atoms with Crippen molar-refractivity contribution in [3.05, 3.63) is 60.7 Å². The van der Waals surface area contributed by atoms with E-state index in [1.54, 1.807) is 12.1 Å². The van der Waals surface area contributed by atoms with Gasteiger partial charge in [0.25, 0.3) is 0 Å². The Bertz CT molecular complexity index is 486. The first-order chi connectivity index (χ1) is 7.31. The average Bonchev–Trinajstić information content (AvgIpc) is 2.30. The summed E-state index contributed by atoms with van der Waals surface area (Å²) in [6, 6.07) is 15.2. The highest BCUT2D eigenvalue weighted by atomic mass is 16.3. The van der Waals surface area contributed by atoms with Crippen molar-refractivity contribution in [2.75, 3.05) is 0 Å². The second-order valence-corrected chi connectivity index (χ2v) is 3.35. The van der Waals surface area contributed by atoms with Crippen molar-refractivity contribution in [1.29, 1.82) is 0 Å². The number of hydrogen-bond donors (Lipinski definition) is 1. The molecule has 74 valence electrons. The van der Waals surface area contributed by atoms with Crippen molar-refractivity contribution >= 4 is 6.08 Å². The molecule has 0 bridgehead atoms. The summed E-state index contributed by atoms with van der Waals surface area (Å²) in [6.07, 6.45) is 1.80. The van der Waals surface area contributed by atoms with Gasteiger partial charge in [0.05, 0.1) is 0 Å². The van der Waals surface area contributed by atoms with Crippen LogP contribution in [0.1, 0.15) is 5.56 Å². The third-order valence-electron chi connectivity index (χ3n) is 2.34. The van der Waals surface area contributed by atoms with E-state index in [0.717, 1.165) is 16.7 Å². The van der Waals surface area contributed by atoms with Crippen LogP contribution in [0.25, 0.3) is 17.2 Å². The van der Waals surface area contributed by atoms with Crippen LogP contribution in [0, 0.1) is 0 Å². The Morgan fingerprint density at radius 3 is 2.53 bits per heavy atom. The molecule has 0 radical (unpaired) electrons. The van der Waals surface area contributed by atoms with Crippen LogP contribution in [0.2, 0.25) is 0 Å². The Hall–Kier alpha value is -2.02. The monoisotopic (exact) mass is 196 g/mol. The van der Waals surface area contributed by atoms with E-state index < -0.39 is 0 Å². The summed E-state index contributed by atoms with van der Waals surface area (Å²) in [5, 5.41) is 9.70. The molecule has 0 spiro atoms. The number of aromatic hydroxyl groups is 1. The van der Waals surface area contributed by atoms with Crippen molar-refractivity contribution in [2.45, 2.75) is 0 Å². The van der Waals surface area contributed by atoms with E-state index in [9.17, 15) is 5.11 Å². The van der Waals surface area contributed by atoms with Crippen molar-refractivity contribution in [3.8, 4) is 16.9 Å². The molecule has 15 heavy (non-hydrogen) atoms. The van der Waals surface area contributed by atoms with E-state index in [1.165, 1.54) is 0 Å². The number of phenols is 1. The van der Waals surface area contributed by atoms with E-state index in [4.69, 9.17) is 0 Å². The van der Waals surface area contributed by atoms with Gasteiger partial charge in [-0.05, 0) is 23.3 Å². The van der Waals surface area contributed by atoms with Gasteiger partial charge in [-0.25, -0.2) is 0 Å². The van der Waals surface area contributed by atoms with Gasteiger partial charge >= 0.3 is 0 Å². The summed E-state index contributed by atoms with van der Waals surface area (Å²) in [7, 11) is 0. The molecule has 0 aliphatic heterocycles. The van der Waals surface area contributed by atoms with Gasteiger partial charge in [-0.2, -0.15) is 0 Å². The molecule has 0 heterocycles. The fourth-order valence-corrected chi connectivity index (χ4v) is 1.55. The van der Waals surface area contributed by atoms with Gasteiger partial charge in [-0.3, -0.25) is 0 Å². The minimum absolute atomic E-state index is 0.304. The van der Waals surface area contributed by atoms with E-state index in [1.807, 2.05) is 42.5 Å². The first kappa shape index (κ1) is 9.53. The van der Waals surface area contributed by atoms with E-state index >= 15 is 0 Å². The maximum absolute atomic E-state index is 9.70. The van der Waals surface area contributed by atoms with Crippen LogP contribution < -0.4 is 0 Å². The standard InChI is InChI=1S/C14H12O/c1-2-11-6-5-7-12(10-11)13-8-3-4-9-14(13)15/h2-10,15H,1H2. The van der Waals surface area contributed by atoms with Gasteiger partial charge in [0.1, 0.15) is 5.75 Å². The minimum Gasteiger partial charge on any atom is -0.507 e. The third-order valence-corrected chi connectivity index (χ3v) is 2.34. The quantitative estimate of drug-likeness (QED) is 0.776. The average molecular weight is 196 g/mol. The van der Waals surface area contributed by atoms with Gasteiger partial charge in [-0.15, -0.1) is 0 Å². The van der Waals surface area contributed by atoms with Crippen molar-refractivity contribution < 1.29 is 5.11 Å². The summed E-state index contributed by atoms with van der Waals surface area (Å²) in [4.78, 5) is 0. The molecule has 0 saturated carbocycles. The Balaban J connectivity index is 2.54. The Morgan fingerprint density at radius 2 is 1.80 bits per heavy atom. The first-order valence-electron chi connectivity index (χ1n) is 4.82. The number of para-hydroxylation sites is 1. The predicted octanol–water partition coefficient (Wildman–Crippen LogP) is 3.70. The molecule has 0 aliphatic carbocycles. The minimum atomic E-state index is 0.304. The predicted molar refractivity (Wildman–Crippen MR) is 63.6 cm³/mol. The fourth-order valence-electron chi connectivity index (χ4n) is 1.55. The lowest BCUT2D eigenvalue weighted by Crippen LogP contribution is -1.79. The molecule has 0 aliphatic rings. The van der Waals surface area contributed by atoms with Crippen LogP contribution in [0.15, 0.2) is 55.1 Å². The highest BCUT2D eigenvalue weighted by Crippen LogP contribution is 2.28. The van der Waals surface area contributed by atoms with Crippen LogP contribution in [0.3, 0.4) is 0 Å². The normalized spacial score (nSPS) is 9.87. The summed E-state index contributed by atoms with van der Waals surface area (Å²) >= 11 is 0. The zero-order valence-corrected chi connectivity index (χ0v) is 8.35. The van der Waals surface area contributed by atoms with Gasteiger partial charge in [0.15, 0.2) is 0 Å². The van der Waals surface area contributed by atoms with Gasteiger partial charge in [-0.1, -0.05) is 49.1 Å². The van der Waals surface area contributed by atoms with Crippen molar-refractivity contribution in [3.63, 3.8) is 0 Å². The molecule has 1 nitrogen and oxygen atoms in total. The highest BCUT2D eigenvalue weighted by Gasteiger charge is 2.02. The van der Waals surface area contributed by atoms with Crippen LogP contribution in [0.5, 0.6) is 5.75 Å². The molecule has 0 atom stereocenters. The van der Waals surface area contributed by atoms with Gasteiger partial charge in [0, 0.05) is 5.56 Å². The maximum atomic E-state index is 9.70. The van der Waals surface area contributed by atoms with E-state index in [-0.39, 0.29) is 0 Å². The second kappa shape index (κ2) is 4.01. The summed E-state index contributed by atoms with van der Waals surface area (Å²) < 4.78 is 0. The Kier molecular flexibility index (Phi) is 2.55. The van der Waals surface area contributed by atoms with Crippen LogP contribution in [0.4, 0.5) is 0 Å². The molecule has 1 N–H and O–H groups in total. The zero-order chi connectivity index (χ0) is 10.7. The molecule has 1 heteroatoms. The first-order valence-corrected chi connectivity index (χ1v) is 4.82. The van der Waals surface area contributed by atoms with Crippen LogP contribution in [-0.2, 0) is 0 Å². The molecular weight excluding hydrogens is 184 g/mol. The second-order valence-electron chi connectivity index (χ2n) is 3.35. The Morgan fingerprint density at radius 1 is 1.00 bits per heavy atom. The van der Waals surface area contributed by atoms with Crippen LogP contribution in [-0.4, -0.2) is 5.11 Å². The third kappa shape index (κ3) is 1.91. The van der Waals surface area contributed by atoms with Gasteiger partial charge < -0.3 is 5.11 Å². The summed E-state index contributed by atoms with van der Waals surface area (Å²) in [5.74, 6) is 0.304. The van der Waals surface area contributed by atoms with Crippen molar-refractivity contribution in [2.24, 2.45) is 0 Å². The number of phenolic OH excluding ortho intramolecular Hbond substituents is 1. The largest absolute Gasteiger partial charge is 0.507 e. The summed E-state index contributed by atoms with van der Waals surface area (Å²) in [6.45, 7) is 3.73. The lowest BCUT2D eigenvalue weighted by Gasteiger charge is -2.04. The smallest absolute Gasteiger partial charge is 0.123 e. The molecule has 2 aromatic carbocycles. The molecule has 0 amide bonds. The number of rotatable bonds is 2. The SMILES string of the molecule is C=Cc1cccc(-c2ccccc2O)c1. The lowest BCUT2D eigenvalue weighted by molar-refractivity contribution is 0.477. The zero-order valence-electron chi connectivity index (χ0n) is 8.35. The highest BCUT2D eigenvalue weighted by molar-refractivity contribution is 5.72. The fraction of sp³-hybridized carbons (Fsp3) is 0. The molecule has 0 saturated heterocycles. The molecule has 2 aromatic rings. The maximum Gasteiger partial charge on any atom is 0.123 e. The topological polar surface area (TPSA) is 20.2 Å². The molecule has 0 unspecified atom stereocenters. The van der Waals surface area contributed by atoms with E-state index in [0.29, 0.717) is 5.75 Å². The van der Waals surface area contributed by atoms with Crippen molar-refractivity contribution in [1.82, 2.24) is 0 Å². The summed E-state index contributed by atoms with van der Waals surface area (Å²) in [5.41, 5.74) is 2.91. The lowest BCUT2D eigenvalue weighted by atomic mass is 10.0. The molecule has 0 fully saturated rings. The van der Waals surface area contributed by atoms with E-state index in [2.05, 4.69) is 6.58 Å². The number of benzene rings is 2. The molecule has 2 rings (SSSR count). The van der Waals surface area contributed by atoms with Gasteiger partial charge in [0.2, 0.25) is 0 Å². The number of hydrogen-bond acceptors (Lipinski definition) is 1. The van der Waals surface area contributed by atoms with Crippen LogP contribution >= 0.6 is 0 Å². The Labute approximate surface area is 89.3 Å². The molecular formula is C14H12O.